The summed E-state index contributed by atoms with van der Waals surface area (Å²) in [4.78, 5) is 22.8. The summed E-state index contributed by atoms with van der Waals surface area (Å²) in [5, 5.41) is 13.9. The number of carboxylic acid groups (broad SMARTS) is 1. The Hall–Kier alpha value is -2.91. The minimum Gasteiger partial charge on any atom is -0.478 e. The van der Waals surface area contributed by atoms with Crippen LogP contribution in [0.4, 0.5) is 23.2 Å². The van der Waals surface area contributed by atoms with Crippen molar-refractivity contribution in [3.8, 4) is 0 Å². The lowest BCUT2D eigenvalue weighted by Crippen LogP contribution is -2.18. The zero-order valence-corrected chi connectivity index (χ0v) is 11.5. The van der Waals surface area contributed by atoms with Crippen LogP contribution < -0.4 is 5.32 Å². The van der Waals surface area contributed by atoms with Gasteiger partial charge in [0.05, 0.1) is 16.8 Å². The number of carbonyl (C=O) groups is 2. The summed E-state index contributed by atoms with van der Waals surface area (Å²) in [6.45, 7) is 0. The summed E-state index contributed by atoms with van der Waals surface area (Å²) >= 11 is 0. The smallest absolute Gasteiger partial charge is 0.435 e. The first-order chi connectivity index (χ1) is 10.6. The summed E-state index contributed by atoms with van der Waals surface area (Å²) in [5.41, 5.74) is -3.11. The molecule has 2 N–H and O–H groups in total. The SMILES string of the molecule is Cn1cc(C(=O)Nc2cc(C(=O)O)ccc2F)c(C(F)(F)F)n1. The normalized spacial score (nSPS) is 11.3. The molecule has 0 unspecified atom stereocenters. The van der Waals surface area contributed by atoms with Crippen molar-refractivity contribution in [3.63, 3.8) is 0 Å². The average Bonchev–Trinajstić information content (AvgIpc) is 2.83. The number of nitrogens with zero attached hydrogens (tertiary/aromatic N) is 2. The average molecular weight is 331 g/mol. The summed E-state index contributed by atoms with van der Waals surface area (Å²) in [5.74, 6) is -3.62. The van der Waals surface area contributed by atoms with Gasteiger partial charge in [-0.05, 0) is 18.2 Å². The summed E-state index contributed by atoms with van der Waals surface area (Å²) in [7, 11) is 1.19. The molecule has 0 aliphatic rings. The van der Waals surface area contributed by atoms with Crippen LogP contribution in [0.15, 0.2) is 24.4 Å². The first-order valence-corrected chi connectivity index (χ1v) is 6.04. The Labute approximate surface area is 126 Å². The lowest BCUT2D eigenvalue weighted by Gasteiger charge is -2.08. The highest BCUT2D eigenvalue weighted by molar-refractivity contribution is 6.05. The lowest BCUT2D eigenvalue weighted by molar-refractivity contribution is -0.141. The third kappa shape index (κ3) is 3.47. The van der Waals surface area contributed by atoms with E-state index in [2.05, 4.69) is 5.10 Å². The molecule has 10 heteroatoms. The van der Waals surface area contributed by atoms with Gasteiger partial charge in [0.2, 0.25) is 0 Å². The van der Waals surface area contributed by atoms with E-state index < -0.39 is 40.8 Å². The molecule has 0 spiro atoms. The molecule has 0 aliphatic carbocycles. The van der Waals surface area contributed by atoms with Gasteiger partial charge < -0.3 is 10.4 Å². The number of aromatic carboxylic acids is 1. The molecule has 1 amide bonds. The molecule has 0 atom stereocenters. The zero-order valence-electron chi connectivity index (χ0n) is 11.5. The van der Waals surface area contributed by atoms with E-state index in [0.29, 0.717) is 0 Å². The Balaban J connectivity index is 2.37. The highest BCUT2D eigenvalue weighted by atomic mass is 19.4. The first-order valence-electron chi connectivity index (χ1n) is 6.04. The summed E-state index contributed by atoms with van der Waals surface area (Å²) < 4.78 is 52.8. The zero-order chi connectivity index (χ0) is 17.4. The van der Waals surface area contributed by atoms with Crippen LogP contribution in [-0.4, -0.2) is 26.8 Å². The van der Waals surface area contributed by atoms with Gasteiger partial charge in [0.1, 0.15) is 5.82 Å². The van der Waals surface area contributed by atoms with Gasteiger partial charge in [0.15, 0.2) is 5.69 Å². The Morgan fingerprint density at radius 3 is 2.52 bits per heavy atom. The predicted octanol–water partition coefficient (Wildman–Crippen LogP) is 2.53. The van der Waals surface area contributed by atoms with E-state index in [-0.39, 0.29) is 5.56 Å². The number of carboxylic acids is 1. The number of amides is 1. The number of hydrogen-bond donors (Lipinski definition) is 2. The molecular formula is C13H9F4N3O3. The molecule has 122 valence electrons. The number of aryl methyl sites for hydroxylation is 1. The van der Waals surface area contributed by atoms with Gasteiger partial charge in [-0.25, -0.2) is 9.18 Å². The number of carbonyl (C=O) groups excluding carboxylic acids is 1. The Bertz CT molecular complexity index is 783. The van der Waals surface area contributed by atoms with E-state index in [0.717, 1.165) is 29.1 Å². The second-order valence-corrected chi connectivity index (χ2v) is 4.52. The van der Waals surface area contributed by atoms with Gasteiger partial charge in [-0.3, -0.25) is 9.48 Å². The molecule has 0 radical (unpaired) electrons. The largest absolute Gasteiger partial charge is 0.478 e. The Morgan fingerprint density at radius 2 is 1.96 bits per heavy atom. The van der Waals surface area contributed by atoms with Gasteiger partial charge >= 0.3 is 12.1 Å². The lowest BCUT2D eigenvalue weighted by atomic mass is 10.1. The van der Waals surface area contributed by atoms with E-state index in [9.17, 15) is 27.2 Å². The number of rotatable bonds is 3. The number of halogens is 4. The van der Waals surface area contributed by atoms with Crippen LogP contribution in [0.25, 0.3) is 0 Å². The second kappa shape index (κ2) is 5.71. The van der Waals surface area contributed by atoms with Crippen molar-refractivity contribution < 1.29 is 32.3 Å². The van der Waals surface area contributed by atoms with Crippen molar-refractivity contribution >= 4 is 17.6 Å². The molecule has 1 aromatic heterocycles. The topological polar surface area (TPSA) is 84.2 Å². The minimum atomic E-state index is -4.87. The molecule has 1 heterocycles. The Kier molecular flexibility index (Phi) is 4.08. The maximum absolute atomic E-state index is 13.6. The summed E-state index contributed by atoms with van der Waals surface area (Å²) in [6.07, 6.45) is -4.04. The first kappa shape index (κ1) is 16.5. The molecule has 23 heavy (non-hydrogen) atoms. The van der Waals surface area contributed by atoms with Crippen molar-refractivity contribution in [1.29, 1.82) is 0 Å². The van der Waals surface area contributed by atoms with Crippen molar-refractivity contribution in [2.45, 2.75) is 6.18 Å². The van der Waals surface area contributed by atoms with Crippen LogP contribution in [0.2, 0.25) is 0 Å². The maximum Gasteiger partial charge on any atom is 0.435 e. The molecule has 0 aliphatic heterocycles. The highest BCUT2D eigenvalue weighted by Gasteiger charge is 2.39. The molecule has 2 aromatic rings. The molecule has 0 saturated heterocycles. The molecule has 2 rings (SSSR count). The third-order valence-corrected chi connectivity index (χ3v) is 2.80. The maximum atomic E-state index is 13.6. The number of alkyl halides is 3. The second-order valence-electron chi connectivity index (χ2n) is 4.52. The van der Waals surface area contributed by atoms with Crippen LogP contribution in [0.3, 0.4) is 0 Å². The van der Waals surface area contributed by atoms with Gasteiger partial charge in [-0.15, -0.1) is 0 Å². The van der Waals surface area contributed by atoms with E-state index in [1.807, 2.05) is 5.32 Å². The fourth-order valence-electron chi connectivity index (χ4n) is 1.81. The van der Waals surface area contributed by atoms with Crippen molar-refractivity contribution in [2.24, 2.45) is 7.05 Å². The molecule has 6 nitrogen and oxygen atoms in total. The van der Waals surface area contributed by atoms with E-state index >= 15 is 0 Å². The van der Waals surface area contributed by atoms with Crippen LogP contribution in [0.1, 0.15) is 26.4 Å². The standard InChI is InChI=1S/C13H9F4N3O3/c1-20-5-7(10(19-20)13(15,16)17)11(21)18-9-4-6(12(22)23)2-3-8(9)14/h2-5H,1H3,(H,18,21)(H,22,23). The van der Waals surface area contributed by atoms with E-state index in [1.54, 1.807) is 0 Å². The predicted molar refractivity (Wildman–Crippen MR) is 69.5 cm³/mol. The molecule has 0 bridgehead atoms. The monoisotopic (exact) mass is 331 g/mol. The van der Waals surface area contributed by atoms with Crippen LogP contribution in [-0.2, 0) is 13.2 Å². The van der Waals surface area contributed by atoms with Gasteiger partial charge in [-0.2, -0.15) is 18.3 Å². The number of anilines is 1. The van der Waals surface area contributed by atoms with Crippen molar-refractivity contribution in [2.75, 3.05) is 5.32 Å². The number of aromatic nitrogens is 2. The van der Waals surface area contributed by atoms with E-state index in [4.69, 9.17) is 5.11 Å². The minimum absolute atomic E-state index is 0.330. The number of benzene rings is 1. The van der Waals surface area contributed by atoms with Crippen molar-refractivity contribution in [3.05, 3.63) is 47.0 Å². The van der Waals surface area contributed by atoms with Gasteiger partial charge in [0.25, 0.3) is 5.91 Å². The fraction of sp³-hybridized carbons (Fsp3) is 0.154. The fourth-order valence-corrected chi connectivity index (χ4v) is 1.81. The molecule has 0 saturated carbocycles. The third-order valence-electron chi connectivity index (χ3n) is 2.80. The van der Waals surface area contributed by atoms with Crippen LogP contribution >= 0.6 is 0 Å². The molecule has 0 fully saturated rings. The highest BCUT2D eigenvalue weighted by Crippen LogP contribution is 2.31. The quantitative estimate of drug-likeness (QED) is 0.847. The molecule has 1 aromatic carbocycles. The van der Waals surface area contributed by atoms with Crippen LogP contribution in [0, 0.1) is 5.82 Å². The number of hydrogen-bond acceptors (Lipinski definition) is 3. The van der Waals surface area contributed by atoms with E-state index in [1.165, 1.54) is 7.05 Å². The summed E-state index contributed by atoms with van der Waals surface area (Å²) in [6, 6.07) is 2.55. The van der Waals surface area contributed by atoms with Gasteiger partial charge in [-0.1, -0.05) is 0 Å². The van der Waals surface area contributed by atoms with Crippen molar-refractivity contribution in [1.82, 2.24) is 9.78 Å². The van der Waals surface area contributed by atoms with Gasteiger partial charge in [0, 0.05) is 13.2 Å². The Morgan fingerprint density at radius 1 is 1.30 bits per heavy atom. The number of nitrogens with one attached hydrogen (secondary N) is 1. The molecular weight excluding hydrogens is 322 g/mol. The van der Waals surface area contributed by atoms with Crippen LogP contribution in [0.5, 0.6) is 0 Å².